The summed E-state index contributed by atoms with van der Waals surface area (Å²) in [6.45, 7) is 5.10. The number of rotatable bonds is 3. The highest BCUT2D eigenvalue weighted by molar-refractivity contribution is 5.78. The molecule has 0 aromatic heterocycles. The molecule has 1 amide bonds. The highest BCUT2D eigenvalue weighted by Gasteiger charge is 2.20. The van der Waals surface area contributed by atoms with Crippen LogP contribution in [0.1, 0.15) is 64.7 Å². The van der Waals surface area contributed by atoms with E-state index >= 15 is 0 Å². The molecular weight excluding hydrogens is 236 g/mol. The van der Waals surface area contributed by atoms with Crippen molar-refractivity contribution in [3.8, 4) is 0 Å². The lowest BCUT2D eigenvalue weighted by molar-refractivity contribution is -0.123. The summed E-state index contributed by atoms with van der Waals surface area (Å²) < 4.78 is 0. The molecule has 1 N–H and O–H groups in total. The zero-order valence-electron chi connectivity index (χ0n) is 12.5. The number of hydrogen-bond acceptors (Lipinski definition) is 2. The molecule has 3 heteroatoms. The van der Waals surface area contributed by atoms with Crippen molar-refractivity contribution in [1.82, 2.24) is 10.2 Å². The van der Waals surface area contributed by atoms with Crippen molar-refractivity contribution in [2.45, 2.75) is 70.8 Å². The van der Waals surface area contributed by atoms with Gasteiger partial charge in [-0.3, -0.25) is 9.69 Å². The minimum absolute atomic E-state index is 0.250. The second kappa shape index (κ2) is 7.88. The summed E-state index contributed by atoms with van der Waals surface area (Å²) in [4.78, 5) is 14.5. The van der Waals surface area contributed by atoms with Crippen LogP contribution in [0, 0.1) is 5.92 Å². The Bertz CT molecular complexity index is 272. The predicted octanol–water partition coefficient (Wildman–Crippen LogP) is 2.95. The van der Waals surface area contributed by atoms with E-state index in [0.29, 0.717) is 12.6 Å². The van der Waals surface area contributed by atoms with Crippen LogP contribution in [0.5, 0.6) is 0 Å². The van der Waals surface area contributed by atoms with Gasteiger partial charge in [-0.25, -0.2) is 0 Å². The third-order valence-electron chi connectivity index (χ3n) is 4.58. The van der Waals surface area contributed by atoms with Crippen molar-refractivity contribution >= 4 is 5.91 Å². The molecule has 0 aromatic rings. The third kappa shape index (κ3) is 5.52. The van der Waals surface area contributed by atoms with Crippen LogP contribution in [-0.2, 0) is 4.79 Å². The van der Waals surface area contributed by atoms with E-state index in [4.69, 9.17) is 0 Å². The first kappa shape index (κ1) is 14.8. The maximum atomic E-state index is 12.1. The number of carbonyl (C=O) groups is 1. The summed E-state index contributed by atoms with van der Waals surface area (Å²) in [6, 6.07) is 0.440. The van der Waals surface area contributed by atoms with Gasteiger partial charge in [0.15, 0.2) is 0 Å². The molecule has 0 bridgehead atoms. The normalized spacial score (nSPS) is 27.5. The number of amides is 1. The van der Waals surface area contributed by atoms with Gasteiger partial charge < -0.3 is 5.32 Å². The van der Waals surface area contributed by atoms with Crippen LogP contribution < -0.4 is 5.32 Å². The Labute approximate surface area is 118 Å². The minimum atomic E-state index is 0.250. The average Bonchev–Trinajstić information content (AvgIpc) is 2.32. The topological polar surface area (TPSA) is 32.3 Å². The molecule has 2 fully saturated rings. The summed E-state index contributed by atoms with van der Waals surface area (Å²) in [6.07, 6.45) is 11.6. The molecular formula is C16H30N2O. The molecule has 19 heavy (non-hydrogen) atoms. The monoisotopic (exact) mass is 266 g/mol. The van der Waals surface area contributed by atoms with Crippen LogP contribution in [0.4, 0.5) is 0 Å². The lowest BCUT2D eigenvalue weighted by atomic mass is 9.96. The van der Waals surface area contributed by atoms with Gasteiger partial charge in [0.2, 0.25) is 5.91 Å². The smallest absolute Gasteiger partial charge is 0.234 e. The van der Waals surface area contributed by atoms with Crippen LogP contribution in [0.3, 0.4) is 0 Å². The van der Waals surface area contributed by atoms with E-state index < -0.39 is 0 Å². The van der Waals surface area contributed by atoms with Crippen LogP contribution in [-0.4, -0.2) is 36.5 Å². The zero-order valence-corrected chi connectivity index (χ0v) is 12.5. The number of nitrogens with one attached hydrogen (secondary N) is 1. The summed E-state index contributed by atoms with van der Waals surface area (Å²) >= 11 is 0. The summed E-state index contributed by atoms with van der Waals surface area (Å²) in [5.74, 6) is 1.00. The number of hydrogen-bond donors (Lipinski definition) is 1. The van der Waals surface area contributed by atoms with Gasteiger partial charge >= 0.3 is 0 Å². The Kier molecular flexibility index (Phi) is 6.15. The van der Waals surface area contributed by atoms with Gasteiger partial charge in [0, 0.05) is 12.6 Å². The van der Waals surface area contributed by atoms with E-state index in [9.17, 15) is 4.79 Å². The molecule has 0 radical (unpaired) electrons. The summed E-state index contributed by atoms with van der Waals surface area (Å²) in [7, 11) is 0. The van der Waals surface area contributed by atoms with E-state index in [0.717, 1.165) is 19.0 Å². The van der Waals surface area contributed by atoms with Gasteiger partial charge in [0.1, 0.15) is 0 Å². The van der Waals surface area contributed by atoms with Crippen molar-refractivity contribution in [3.63, 3.8) is 0 Å². The van der Waals surface area contributed by atoms with Crippen molar-refractivity contribution < 1.29 is 4.79 Å². The average molecular weight is 266 g/mol. The molecule has 2 rings (SSSR count). The van der Waals surface area contributed by atoms with Crippen LogP contribution in [0.15, 0.2) is 0 Å². The molecule has 3 nitrogen and oxygen atoms in total. The lowest BCUT2D eigenvalue weighted by Gasteiger charge is -2.31. The predicted molar refractivity (Wildman–Crippen MR) is 79.1 cm³/mol. The number of carbonyl (C=O) groups excluding carboxylic acids is 1. The second-order valence-corrected chi connectivity index (χ2v) is 6.59. The quantitative estimate of drug-likeness (QED) is 0.852. The van der Waals surface area contributed by atoms with Gasteiger partial charge in [-0.05, 0) is 38.1 Å². The van der Waals surface area contributed by atoms with Gasteiger partial charge in [-0.2, -0.15) is 0 Å². The Morgan fingerprint density at radius 1 is 1.05 bits per heavy atom. The maximum absolute atomic E-state index is 12.1. The Morgan fingerprint density at radius 2 is 1.74 bits per heavy atom. The fraction of sp³-hybridized carbons (Fsp3) is 0.938. The van der Waals surface area contributed by atoms with E-state index in [1.807, 2.05) is 0 Å². The fourth-order valence-corrected chi connectivity index (χ4v) is 3.51. The number of piperidine rings is 1. The van der Waals surface area contributed by atoms with E-state index in [1.54, 1.807) is 0 Å². The van der Waals surface area contributed by atoms with Crippen molar-refractivity contribution in [1.29, 1.82) is 0 Å². The molecule has 0 aromatic carbocycles. The first-order valence-electron chi connectivity index (χ1n) is 8.26. The Balaban J connectivity index is 1.70. The standard InChI is InChI=1S/C16H30N2O/c1-14-8-7-11-18(12-14)13-16(19)17-15-9-5-3-2-4-6-10-15/h14-15H,2-13H2,1H3,(H,17,19). The Morgan fingerprint density at radius 3 is 2.42 bits per heavy atom. The zero-order chi connectivity index (χ0) is 13.5. The largest absolute Gasteiger partial charge is 0.352 e. The molecule has 1 saturated carbocycles. The first-order chi connectivity index (χ1) is 9.24. The van der Waals surface area contributed by atoms with Gasteiger partial charge in [0.25, 0.3) is 0 Å². The third-order valence-corrected chi connectivity index (χ3v) is 4.58. The van der Waals surface area contributed by atoms with Gasteiger partial charge in [-0.1, -0.05) is 39.0 Å². The van der Waals surface area contributed by atoms with E-state index in [-0.39, 0.29) is 5.91 Å². The highest BCUT2D eigenvalue weighted by Crippen LogP contribution is 2.18. The summed E-state index contributed by atoms with van der Waals surface area (Å²) in [5, 5.41) is 3.27. The maximum Gasteiger partial charge on any atom is 0.234 e. The second-order valence-electron chi connectivity index (χ2n) is 6.59. The van der Waals surface area contributed by atoms with Crippen molar-refractivity contribution in [2.75, 3.05) is 19.6 Å². The number of likely N-dealkylation sites (tertiary alicyclic amines) is 1. The first-order valence-corrected chi connectivity index (χ1v) is 8.26. The van der Waals surface area contributed by atoms with Gasteiger partial charge in [0.05, 0.1) is 6.54 Å². The molecule has 1 atom stereocenters. The van der Waals surface area contributed by atoms with E-state index in [2.05, 4.69) is 17.1 Å². The van der Waals surface area contributed by atoms with Crippen molar-refractivity contribution in [3.05, 3.63) is 0 Å². The fourth-order valence-electron chi connectivity index (χ4n) is 3.51. The van der Waals surface area contributed by atoms with Gasteiger partial charge in [-0.15, -0.1) is 0 Å². The molecule has 1 saturated heterocycles. The molecule has 1 aliphatic carbocycles. The van der Waals surface area contributed by atoms with E-state index in [1.165, 1.54) is 57.8 Å². The summed E-state index contributed by atoms with van der Waals surface area (Å²) in [5.41, 5.74) is 0. The molecule has 0 spiro atoms. The van der Waals surface area contributed by atoms with Crippen LogP contribution in [0.25, 0.3) is 0 Å². The molecule has 2 aliphatic rings. The minimum Gasteiger partial charge on any atom is -0.352 e. The highest BCUT2D eigenvalue weighted by atomic mass is 16.2. The lowest BCUT2D eigenvalue weighted by Crippen LogP contribution is -2.45. The van der Waals surface area contributed by atoms with Crippen molar-refractivity contribution in [2.24, 2.45) is 5.92 Å². The number of nitrogens with zero attached hydrogens (tertiary/aromatic N) is 1. The molecule has 1 heterocycles. The Hall–Kier alpha value is -0.570. The van der Waals surface area contributed by atoms with Crippen LogP contribution in [0.2, 0.25) is 0 Å². The van der Waals surface area contributed by atoms with Crippen LogP contribution >= 0.6 is 0 Å². The molecule has 1 aliphatic heterocycles. The molecule has 110 valence electrons. The SMILES string of the molecule is CC1CCCN(CC(=O)NC2CCCCCCC2)C1. The molecule has 1 unspecified atom stereocenters.